The van der Waals surface area contributed by atoms with Crippen LogP contribution in [0.4, 0.5) is 0 Å². The van der Waals surface area contributed by atoms with Crippen LogP contribution in [-0.2, 0) is 4.74 Å². The molecule has 0 radical (unpaired) electrons. The van der Waals surface area contributed by atoms with E-state index >= 15 is 0 Å². The number of nitrogens with two attached hydrogens (primary N) is 1. The van der Waals surface area contributed by atoms with Crippen molar-refractivity contribution in [3.63, 3.8) is 0 Å². The molecule has 7 heteroatoms. The Hall–Kier alpha value is -0.660. The van der Waals surface area contributed by atoms with E-state index in [-0.39, 0.29) is 6.04 Å². The summed E-state index contributed by atoms with van der Waals surface area (Å²) in [6, 6.07) is 0.547. The van der Waals surface area contributed by atoms with Gasteiger partial charge in [0.05, 0.1) is 12.6 Å². The highest BCUT2D eigenvalue weighted by Gasteiger charge is 2.27. The standard InChI is InChI=1S/C8H15N5OS/c1-14-4-6(9)5-15-8-10-11-12-13(8)7-2-3-7/h6-7H,2-5,9H2,1H3. The Morgan fingerprint density at radius 3 is 3.13 bits per heavy atom. The highest BCUT2D eigenvalue weighted by Crippen LogP contribution is 2.36. The molecule has 0 amide bonds. The van der Waals surface area contributed by atoms with E-state index in [9.17, 15) is 0 Å². The van der Waals surface area contributed by atoms with Crippen LogP contribution in [0.1, 0.15) is 18.9 Å². The summed E-state index contributed by atoms with van der Waals surface area (Å²) in [4.78, 5) is 0. The van der Waals surface area contributed by atoms with Crippen LogP contribution in [0.15, 0.2) is 5.16 Å². The first-order valence-electron chi connectivity index (χ1n) is 4.96. The Morgan fingerprint density at radius 1 is 1.67 bits per heavy atom. The fourth-order valence-corrected chi connectivity index (χ4v) is 2.14. The molecular weight excluding hydrogens is 214 g/mol. The first-order valence-corrected chi connectivity index (χ1v) is 5.95. The number of nitrogens with zero attached hydrogens (tertiary/aromatic N) is 4. The lowest BCUT2D eigenvalue weighted by Gasteiger charge is -2.08. The van der Waals surface area contributed by atoms with Crippen molar-refractivity contribution in [2.45, 2.75) is 30.1 Å². The van der Waals surface area contributed by atoms with Crippen LogP contribution in [0.25, 0.3) is 0 Å². The first kappa shape index (κ1) is 10.8. The fourth-order valence-electron chi connectivity index (χ4n) is 1.27. The average Bonchev–Trinajstić information content (AvgIpc) is 2.96. The van der Waals surface area contributed by atoms with Gasteiger partial charge in [-0.1, -0.05) is 11.8 Å². The van der Waals surface area contributed by atoms with Crippen LogP contribution >= 0.6 is 11.8 Å². The van der Waals surface area contributed by atoms with Gasteiger partial charge in [-0.05, 0) is 23.3 Å². The van der Waals surface area contributed by atoms with Crippen LogP contribution in [0, 0.1) is 0 Å². The van der Waals surface area contributed by atoms with Crippen LogP contribution in [0.5, 0.6) is 0 Å². The van der Waals surface area contributed by atoms with Crippen LogP contribution in [-0.4, -0.2) is 45.7 Å². The number of ether oxygens (including phenoxy) is 1. The molecule has 2 rings (SSSR count). The lowest BCUT2D eigenvalue weighted by Crippen LogP contribution is -2.28. The molecule has 1 heterocycles. The molecule has 84 valence electrons. The van der Waals surface area contributed by atoms with E-state index in [1.54, 1.807) is 18.9 Å². The van der Waals surface area contributed by atoms with Gasteiger partial charge in [-0.2, -0.15) is 0 Å². The maximum atomic E-state index is 5.82. The van der Waals surface area contributed by atoms with E-state index < -0.39 is 0 Å². The molecule has 0 bridgehead atoms. The normalized spacial score (nSPS) is 18.0. The Balaban J connectivity index is 1.84. The van der Waals surface area contributed by atoms with Gasteiger partial charge in [0.1, 0.15) is 0 Å². The van der Waals surface area contributed by atoms with Crippen LogP contribution in [0.3, 0.4) is 0 Å². The third-order valence-electron chi connectivity index (χ3n) is 2.16. The molecule has 0 aromatic carbocycles. The van der Waals surface area contributed by atoms with E-state index in [2.05, 4.69) is 15.5 Å². The molecule has 6 nitrogen and oxygen atoms in total. The number of aromatic nitrogens is 4. The van der Waals surface area contributed by atoms with Gasteiger partial charge in [-0.15, -0.1) is 5.10 Å². The second kappa shape index (κ2) is 4.91. The number of hydrogen-bond acceptors (Lipinski definition) is 6. The SMILES string of the molecule is COCC(N)CSc1nnnn1C1CC1. The molecule has 1 aromatic rings. The lowest BCUT2D eigenvalue weighted by atomic mass is 10.4. The number of rotatable bonds is 6. The van der Waals surface area contributed by atoms with Crippen molar-refractivity contribution < 1.29 is 4.74 Å². The van der Waals surface area contributed by atoms with Gasteiger partial charge in [-0.25, -0.2) is 4.68 Å². The summed E-state index contributed by atoms with van der Waals surface area (Å²) < 4.78 is 6.86. The summed E-state index contributed by atoms with van der Waals surface area (Å²) in [5.41, 5.74) is 5.82. The second-order valence-electron chi connectivity index (χ2n) is 3.66. The molecule has 1 aliphatic carbocycles. The molecule has 0 aliphatic heterocycles. The molecular formula is C8H15N5OS. The molecule has 1 fully saturated rings. The van der Waals surface area contributed by atoms with Gasteiger partial charge in [0.15, 0.2) is 0 Å². The summed E-state index contributed by atoms with van der Waals surface area (Å²) in [5, 5.41) is 12.5. The third kappa shape index (κ3) is 2.90. The van der Waals surface area contributed by atoms with Gasteiger partial charge >= 0.3 is 0 Å². The zero-order valence-electron chi connectivity index (χ0n) is 8.67. The summed E-state index contributed by atoms with van der Waals surface area (Å²) in [6.07, 6.45) is 2.37. The smallest absolute Gasteiger partial charge is 0.209 e. The highest BCUT2D eigenvalue weighted by molar-refractivity contribution is 7.99. The maximum absolute atomic E-state index is 5.82. The number of hydrogen-bond donors (Lipinski definition) is 1. The van der Waals surface area contributed by atoms with Crippen LogP contribution < -0.4 is 5.73 Å². The number of thioether (sulfide) groups is 1. The quantitative estimate of drug-likeness (QED) is 0.696. The minimum atomic E-state index is 0.0318. The fraction of sp³-hybridized carbons (Fsp3) is 0.875. The first-order chi connectivity index (χ1) is 7.31. The highest BCUT2D eigenvalue weighted by atomic mass is 32.2. The summed E-state index contributed by atoms with van der Waals surface area (Å²) in [6.45, 7) is 0.567. The van der Waals surface area contributed by atoms with Gasteiger partial charge < -0.3 is 10.5 Å². The van der Waals surface area contributed by atoms with Crippen molar-refractivity contribution in [1.82, 2.24) is 20.2 Å². The minimum absolute atomic E-state index is 0.0318. The average molecular weight is 229 g/mol. The van der Waals surface area contributed by atoms with E-state index in [4.69, 9.17) is 10.5 Å². The molecule has 0 spiro atoms. The van der Waals surface area contributed by atoms with Crippen molar-refractivity contribution >= 4 is 11.8 Å². The summed E-state index contributed by atoms with van der Waals surface area (Å²) in [5.74, 6) is 0.779. The number of methoxy groups -OCH3 is 1. The van der Waals surface area contributed by atoms with E-state index in [0.29, 0.717) is 12.6 Å². The Labute approximate surface area is 92.5 Å². The minimum Gasteiger partial charge on any atom is -0.383 e. The Kier molecular flexibility index (Phi) is 3.55. The molecule has 1 saturated carbocycles. The number of tetrazole rings is 1. The zero-order valence-corrected chi connectivity index (χ0v) is 9.48. The van der Waals surface area contributed by atoms with E-state index in [1.165, 1.54) is 12.8 Å². The molecule has 15 heavy (non-hydrogen) atoms. The monoisotopic (exact) mass is 229 g/mol. The van der Waals surface area contributed by atoms with E-state index in [0.717, 1.165) is 10.9 Å². The van der Waals surface area contributed by atoms with Gasteiger partial charge in [0, 0.05) is 18.9 Å². The van der Waals surface area contributed by atoms with Gasteiger partial charge in [0.2, 0.25) is 5.16 Å². The lowest BCUT2D eigenvalue weighted by molar-refractivity contribution is 0.186. The van der Waals surface area contributed by atoms with Crippen molar-refractivity contribution in [2.24, 2.45) is 5.73 Å². The predicted molar refractivity (Wildman–Crippen MR) is 56.7 cm³/mol. The molecule has 1 unspecified atom stereocenters. The van der Waals surface area contributed by atoms with Crippen molar-refractivity contribution in [2.75, 3.05) is 19.5 Å². The Morgan fingerprint density at radius 2 is 2.47 bits per heavy atom. The van der Waals surface area contributed by atoms with Gasteiger partial charge in [0.25, 0.3) is 0 Å². The Bertz CT molecular complexity index is 314. The zero-order chi connectivity index (χ0) is 10.7. The van der Waals surface area contributed by atoms with Crippen molar-refractivity contribution in [1.29, 1.82) is 0 Å². The molecule has 1 aromatic heterocycles. The third-order valence-corrected chi connectivity index (χ3v) is 3.28. The van der Waals surface area contributed by atoms with Crippen LogP contribution in [0.2, 0.25) is 0 Å². The van der Waals surface area contributed by atoms with E-state index in [1.807, 2.05) is 4.68 Å². The largest absolute Gasteiger partial charge is 0.383 e. The second-order valence-corrected chi connectivity index (χ2v) is 4.65. The van der Waals surface area contributed by atoms with Gasteiger partial charge in [-0.3, -0.25) is 0 Å². The predicted octanol–water partition coefficient (Wildman–Crippen LogP) is 0.0738. The molecule has 1 atom stereocenters. The maximum Gasteiger partial charge on any atom is 0.209 e. The van der Waals surface area contributed by atoms with Crippen molar-refractivity contribution in [3.05, 3.63) is 0 Å². The van der Waals surface area contributed by atoms with Crippen molar-refractivity contribution in [3.8, 4) is 0 Å². The summed E-state index contributed by atoms with van der Waals surface area (Å²) in [7, 11) is 1.65. The molecule has 0 saturated heterocycles. The summed E-state index contributed by atoms with van der Waals surface area (Å²) >= 11 is 1.59. The molecule has 2 N–H and O–H groups in total. The topological polar surface area (TPSA) is 78.8 Å². The molecule has 1 aliphatic rings.